The molecule has 2 heterocycles. The van der Waals surface area contributed by atoms with Crippen molar-refractivity contribution in [2.45, 2.75) is 44.0 Å². The Morgan fingerprint density at radius 1 is 1.14 bits per heavy atom. The molecule has 2 aliphatic rings. The molecule has 1 amide bonds. The van der Waals surface area contributed by atoms with Gasteiger partial charge in [0.05, 0.1) is 4.90 Å². The van der Waals surface area contributed by atoms with Crippen LogP contribution in [0.15, 0.2) is 59.5 Å². The van der Waals surface area contributed by atoms with Crippen molar-refractivity contribution in [3.8, 4) is 0 Å². The Morgan fingerprint density at radius 2 is 1.90 bits per heavy atom. The number of nitrogens with zero attached hydrogens (tertiary/aromatic N) is 2. The second-order valence-electron chi connectivity index (χ2n) is 7.67. The summed E-state index contributed by atoms with van der Waals surface area (Å²) in [5.74, 6) is 0.0708. The maximum atomic E-state index is 13.2. The quantitative estimate of drug-likeness (QED) is 0.769. The highest BCUT2D eigenvalue weighted by Gasteiger charge is 2.33. The molecule has 0 fully saturated rings. The lowest BCUT2D eigenvalue weighted by Gasteiger charge is -2.26. The molecule has 2 aromatic carbocycles. The number of benzene rings is 2. The summed E-state index contributed by atoms with van der Waals surface area (Å²) in [5, 5.41) is 0. The minimum atomic E-state index is -3.56. The summed E-state index contributed by atoms with van der Waals surface area (Å²) < 4.78 is 27.9. The maximum Gasteiger partial charge on any atom is 0.243 e. The molecule has 0 radical (unpaired) electrons. The van der Waals surface area contributed by atoms with E-state index < -0.39 is 10.0 Å². The van der Waals surface area contributed by atoms with Gasteiger partial charge in [0.1, 0.15) is 0 Å². The van der Waals surface area contributed by atoms with E-state index in [9.17, 15) is 13.2 Å². The van der Waals surface area contributed by atoms with E-state index in [1.807, 2.05) is 38.1 Å². The molecule has 0 aromatic heterocycles. The van der Waals surface area contributed by atoms with Crippen molar-refractivity contribution in [1.82, 2.24) is 4.31 Å². The van der Waals surface area contributed by atoms with Crippen LogP contribution < -0.4 is 4.90 Å². The number of carbonyl (C=O) groups excluding carboxylic acids is 1. The van der Waals surface area contributed by atoms with Gasteiger partial charge in [-0.1, -0.05) is 43.3 Å². The smallest absolute Gasteiger partial charge is 0.243 e. The van der Waals surface area contributed by atoms with E-state index in [1.165, 1.54) is 9.88 Å². The standard InChI is InChI=1S/C23H26N2O3S/c1-3-23(26)25-17(2)15-20-16-21(9-10-22(20)25)29(27,28)24-13-11-19(12-14-24)18-7-5-4-6-8-18/h4-11,16-17H,3,12-15H2,1-2H3. The highest BCUT2D eigenvalue weighted by atomic mass is 32.2. The first kappa shape index (κ1) is 19.9. The van der Waals surface area contributed by atoms with E-state index in [1.54, 1.807) is 23.1 Å². The van der Waals surface area contributed by atoms with E-state index in [4.69, 9.17) is 0 Å². The Hall–Kier alpha value is -2.44. The van der Waals surface area contributed by atoms with Crippen molar-refractivity contribution in [2.75, 3.05) is 18.0 Å². The molecular formula is C23H26N2O3S. The first-order chi connectivity index (χ1) is 13.9. The summed E-state index contributed by atoms with van der Waals surface area (Å²) in [5.41, 5.74) is 4.11. The summed E-state index contributed by atoms with van der Waals surface area (Å²) in [4.78, 5) is 14.4. The summed E-state index contributed by atoms with van der Waals surface area (Å²) >= 11 is 0. The lowest BCUT2D eigenvalue weighted by Crippen LogP contribution is -2.35. The maximum absolute atomic E-state index is 13.2. The lowest BCUT2D eigenvalue weighted by atomic mass is 10.0. The molecular weight excluding hydrogens is 384 g/mol. The fraction of sp³-hybridized carbons (Fsp3) is 0.348. The molecule has 152 valence electrons. The van der Waals surface area contributed by atoms with Crippen molar-refractivity contribution in [3.05, 3.63) is 65.7 Å². The molecule has 1 atom stereocenters. The molecule has 0 N–H and O–H groups in total. The van der Waals surface area contributed by atoms with Crippen molar-refractivity contribution in [2.24, 2.45) is 0 Å². The van der Waals surface area contributed by atoms with Crippen molar-refractivity contribution >= 4 is 27.2 Å². The summed E-state index contributed by atoms with van der Waals surface area (Å²) in [6.45, 7) is 4.69. The molecule has 2 aromatic rings. The topological polar surface area (TPSA) is 57.7 Å². The number of anilines is 1. The zero-order chi connectivity index (χ0) is 20.6. The molecule has 0 bridgehead atoms. The van der Waals surface area contributed by atoms with Gasteiger partial charge in [0.15, 0.2) is 0 Å². The molecule has 4 rings (SSSR count). The van der Waals surface area contributed by atoms with Crippen molar-refractivity contribution in [3.63, 3.8) is 0 Å². The average molecular weight is 411 g/mol. The van der Waals surface area contributed by atoms with Crippen LogP contribution in [0.4, 0.5) is 5.69 Å². The molecule has 5 nitrogen and oxygen atoms in total. The van der Waals surface area contributed by atoms with Gasteiger partial charge in [0, 0.05) is 31.2 Å². The van der Waals surface area contributed by atoms with E-state index >= 15 is 0 Å². The Labute approximate surface area is 172 Å². The third-order valence-electron chi connectivity index (χ3n) is 5.79. The zero-order valence-corrected chi connectivity index (χ0v) is 17.7. The number of carbonyl (C=O) groups is 1. The number of hydrogen-bond donors (Lipinski definition) is 0. The van der Waals surface area contributed by atoms with E-state index in [0.717, 1.165) is 16.8 Å². The number of sulfonamides is 1. The second-order valence-corrected chi connectivity index (χ2v) is 9.61. The monoisotopic (exact) mass is 410 g/mol. The lowest BCUT2D eigenvalue weighted by molar-refractivity contribution is -0.118. The van der Waals surface area contributed by atoms with Gasteiger partial charge in [-0.3, -0.25) is 4.79 Å². The summed E-state index contributed by atoms with van der Waals surface area (Å²) in [6.07, 6.45) is 3.83. The van der Waals surface area contributed by atoms with Crippen LogP contribution in [0.25, 0.3) is 5.57 Å². The van der Waals surface area contributed by atoms with E-state index in [0.29, 0.717) is 37.2 Å². The number of amides is 1. The Balaban J connectivity index is 1.57. The van der Waals surface area contributed by atoms with Crippen LogP contribution in [-0.2, 0) is 21.2 Å². The number of hydrogen-bond acceptors (Lipinski definition) is 3. The Bertz CT molecular complexity index is 1060. The van der Waals surface area contributed by atoms with Crippen LogP contribution in [0.3, 0.4) is 0 Å². The first-order valence-electron chi connectivity index (χ1n) is 10.1. The summed E-state index contributed by atoms with van der Waals surface area (Å²) in [7, 11) is -3.56. The number of fused-ring (bicyclic) bond motifs is 1. The molecule has 2 aliphatic heterocycles. The Morgan fingerprint density at radius 3 is 2.55 bits per heavy atom. The van der Waals surface area contributed by atoms with Gasteiger partial charge < -0.3 is 4.90 Å². The normalized spacial score (nSPS) is 19.7. The zero-order valence-electron chi connectivity index (χ0n) is 16.8. The predicted molar refractivity (Wildman–Crippen MR) is 115 cm³/mol. The predicted octanol–water partition coefficient (Wildman–Crippen LogP) is 3.85. The third kappa shape index (κ3) is 3.63. The fourth-order valence-electron chi connectivity index (χ4n) is 4.25. The molecule has 1 unspecified atom stereocenters. The van der Waals surface area contributed by atoms with Gasteiger partial charge in [-0.15, -0.1) is 0 Å². The van der Waals surface area contributed by atoms with Crippen LogP contribution >= 0.6 is 0 Å². The van der Waals surface area contributed by atoms with Gasteiger partial charge in [-0.05, 0) is 54.7 Å². The molecule has 29 heavy (non-hydrogen) atoms. The number of rotatable bonds is 4. The van der Waals surface area contributed by atoms with Crippen LogP contribution in [0.5, 0.6) is 0 Å². The van der Waals surface area contributed by atoms with Crippen LogP contribution in [-0.4, -0.2) is 37.8 Å². The van der Waals surface area contributed by atoms with Crippen LogP contribution in [0.1, 0.15) is 37.8 Å². The minimum Gasteiger partial charge on any atom is -0.309 e. The van der Waals surface area contributed by atoms with Gasteiger partial charge >= 0.3 is 0 Å². The summed E-state index contributed by atoms with van der Waals surface area (Å²) in [6, 6.07) is 15.3. The van der Waals surface area contributed by atoms with E-state index in [2.05, 4.69) is 12.1 Å². The molecule has 0 saturated heterocycles. The Kier molecular flexibility index (Phi) is 5.32. The largest absolute Gasteiger partial charge is 0.309 e. The second kappa shape index (κ2) is 7.76. The SMILES string of the molecule is CCC(=O)N1c2ccc(S(=O)(=O)N3CC=C(c4ccccc4)CC3)cc2CC1C. The first-order valence-corrected chi connectivity index (χ1v) is 11.6. The third-order valence-corrected chi connectivity index (χ3v) is 7.65. The minimum absolute atomic E-state index is 0.0572. The van der Waals surface area contributed by atoms with Gasteiger partial charge in [-0.2, -0.15) is 4.31 Å². The molecule has 0 saturated carbocycles. The van der Waals surface area contributed by atoms with Crippen LogP contribution in [0.2, 0.25) is 0 Å². The van der Waals surface area contributed by atoms with Crippen molar-refractivity contribution in [1.29, 1.82) is 0 Å². The molecule has 6 heteroatoms. The highest BCUT2D eigenvalue weighted by Crippen LogP contribution is 2.35. The highest BCUT2D eigenvalue weighted by molar-refractivity contribution is 7.89. The van der Waals surface area contributed by atoms with Gasteiger partial charge in [0.2, 0.25) is 15.9 Å². The average Bonchev–Trinajstić information content (AvgIpc) is 3.08. The molecule has 0 spiro atoms. The van der Waals surface area contributed by atoms with Crippen LogP contribution in [0, 0.1) is 0 Å². The van der Waals surface area contributed by atoms with Crippen molar-refractivity contribution < 1.29 is 13.2 Å². The van der Waals surface area contributed by atoms with E-state index in [-0.39, 0.29) is 11.9 Å². The fourth-order valence-corrected chi connectivity index (χ4v) is 5.68. The van der Waals surface area contributed by atoms with Gasteiger partial charge in [0.25, 0.3) is 0 Å². The molecule has 0 aliphatic carbocycles. The van der Waals surface area contributed by atoms with Gasteiger partial charge in [-0.25, -0.2) is 8.42 Å².